The zero-order chi connectivity index (χ0) is 31.1. The summed E-state index contributed by atoms with van der Waals surface area (Å²) in [6.07, 6.45) is 3.21. The summed E-state index contributed by atoms with van der Waals surface area (Å²) >= 11 is 8.32. The molecule has 0 spiro atoms. The number of fused-ring (bicyclic) bond motifs is 2. The Hall–Kier alpha value is -3.83. The molecule has 0 aliphatic carbocycles. The van der Waals surface area contributed by atoms with E-state index >= 15 is 0 Å². The molecule has 220 valence electrons. The highest BCUT2D eigenvalue weighted by molar-refractivity contribution is 14.1. The van der Waals surface area contributed by atoms with Crippen molar-refractivity contribution in [3.63, 3.8) is 0 Å². The lowest BCUT2D eigenvalue weighted by molar-refractivity contribution is 0.0587. The van der Waals surface area contributed by atoms with Crippen LogP contribution in [0.5, 0.6) is 0 Å². The van der Waals surface area contributed by atoms with Crippen LogP contribution in [-0.4, -0.2) is 56.1 Å². The molecule has 0 aliphatic rings. The number of rotatable bonds is 3. The van der Waals surface area contributed by atoms with Crippen LogP contribution in [0.2, 0.25) is 0 Å². The Labute approximate surface area is 273 Å². The fraction of sp³-hybridized carbons (Fsp3) is 0.0714. The lowest BCUT2D eigenvalue weighted by Crippen LogP contribution is -2.04. The molecule has 0 unspecified atom stereocenters. The van der Waals surface area contributed by atoms with E-state index in [2.05, 4.69) is 84.5 Å². The molecule has 4 aromatic heterocycles. The second-order valence-corrected chi connectivity index (χ2v) is 11.2. The Morgan fingerprint density at radius 3 is 2.12 bits per heavy atom. The van der Waals surface area contributed by atoms with Crippen LogP contribution < -0.4 is 0 Å². The minimum Gasteiger partial charge on any atom is -0.464 e. The molecule has 0 amide bonds. The third kappa shape index (κ3) is 7.58. The summed E-state index contributed by atoms with van der Waals surface area (Å²) in [5, 5.41) is 11.9. The van der Waals surface area contributed by atoms with Crippen molar-refractivity contribution in [2.45, 2.75) is 0 Å². The molecule has 1 N–H and O–H groups in total. The van der Waals surface area contributed by atoms with Gasteiger partial charge in [0.1, 0.15) is 11.6 Å². The molecule has 0 atom stereocenters. The predicted octanol–water partition coefficient (Wildman–Crippen LogP) is 7.05. The van der Waals surface area contributed by atoms with Gasteiger partial charge in [0.05, 0.1) is 39.6 Å². The number of hydrogen-bond donors (Lipinski definition) is 1. The second kappa shape index (κ2) is 14.6. The molecule has 15 heteroatoms. The first kappa shape index (κ1) is 32.1. The molecule has 0 saturated carbocycles. The zero-order valence-electron chi connectivity index (χ0n) is 22.2. The van der Waals surface area contributed by atoms with E-state index < -0.39 is 11.9 Å². The smallest absolute Gasteiger partial charge is 0.359 e. The molecule has 0 saturated heterocycles. The number of carbonyl (C=O) groups excluding carboxylic acids is 2. The Balaban J connectivity index is 0.000000163. The molecular weight excluding hydrogens is 809 g/mol. The number of nitrogens with one attached hydrogen (secondary N) is 1. The number of pyridine rings is 2. The SMILES string of the molecule is COC(=O)c1[nH]nc2ncccc12.COC(=O)c1nn(-c2ccc(F)c(Br)c2)c2ncccc12.Fc1ccc(I)cc1Br. The number of benzene rings is 2. The summed E-state index contributed by atoms with van der Waals surface area (Å²) < 4.78 is 38.4. The van der Waals surface area contributed by atoms with Gasteiger partial charge in [-0.05, 0) is 115 Å². The summed E-state index contributed by atoms with van der Waals surface area (Å²) in [5.41, 5.74) is 2.10. The van der Waals surface area contributed by atoms with Gasteiger partial charge in [-0.1, -0.05) is 0 Å². The number of halogens is 5. The Bertz CT molecular complexity index is 1930. The van der Waals surface area contributed by atoms with Crippen molar-refractivity contribution in [3.05, 3.63) is 109 Å². The van der Waals surface area contributed by atoms with Crippen LogP contribution in [0.3, 0.4) is 0 Å². The highest BCUT2D eigenvalue weighted by Gasteiger charge is 2.19. The van der Waals surface area contributed by atoms with Gasteiger partial charge in [-0.2, -0.15) is 10.2 Å². The molecule has 2 aromatic carbocycles. The maximum absolute atomic E-state index is 13.4. The van der Waals surface area contributed by atoms with Gasteiger partial charge in [0.25, 0.3) is 0 Å². The standard InChI is InChI=1S/C14H9BrFN3O2.C8H7N3O2.C6H3BrFI/c1-21-14(20)12-9-3-2-6-17-13(9)19(18-12)8-4-5-11(16)10(15)7-8;1-13-8(12)6-5-3-2-4-9-7(5)11-10-6;7-5-3-4(9)1-2-6(5)8/h2-7H,1H3;2-4H,1H3,(H,9,10,11);1-3H. The first-order valence-electron chi connectivity index (χ1n) is 12.0. The summed E-state index contributed by atoms with van der Waals surface area (Å²) in [7, 11) is 2.61. The van der Waals surface area contributed by atoms with Crippen LogP contribution in [0.25, 0.3) is 27.8 Å². The zero-order valence-corrected chi connectivity index (χ0v) is 27.5. The Morgan fingerprint density at radius 2 is 1.49 bits per heavy atom. The van der Waals surface area contributed by atoms with Gasteiger partial charge >= 0.3 is 11.9 Å². The van der Waals surface area contributed by atoms with Crippen LogP contribution in [0, 0.1) is 15.2 Å². The highest BCUT2D eigenvalue weighted by atomic mass is 127. The number of ether oxygens (including phenoxy) is 2. The summed E-state index contributed by atoms with van der Waals surface area (Å²) in [6.45, 7) is 0. The van der Waals surface area contributed by atoms with Gasteiger partial charge in [-0.15, -0.1) is 0 Å². The lowest BCUT2D eigenvalue weighted by Gasteiger charge is -2.03. The number of carbonyl (C=O) groups is 2. The number of nitrogens with zero attached hydrogens (tertiary/aromatic N) is 5. The molecular formula is C28H19Br2F2IN6O4. The van der Waals surface area contributed by atoms with Gasteiger partial charge < -0.3 is 9.47 Å². The van der Waals surface area contributed by atoms with Crippen molar-refractivity contribution < 1.29 is 27.8 Å². The van der Waals surface area contributed by atoms with Crippen molar-refractivity contribution in [1.29, 1.82) is 0 Å². The van der Waals surface area contributed by atoms with E-state index in [9.17, 15) is 18.4 Å². The minimum absolute atomic E-state index is 0.168. The van der Waals surface area contributed by atoms with E-state index in [4.69, 9.17) is 4.74 Å². The lowest BCUT2D eigenvalue weighted by atomic mass is 10.2. The average Bonchev–Trinajstić information content (AvgIpc) is 3.63. The number of esters is 2. The first-order valence-corrected chi connectivity index (χ1v) is 14.7. The van der Waals surface area contributed by atoms with Crippen LogP contribution in [-0.2, 0) is 9.47 Å². The van der Waals surface area contributed by atoms with Crippen molar-refractivity contribution >= 4 is 88.5 Å². The fourth-order valence-corrected chi connectivity index (χ4v) is 5.24. The van der Waals surface area contributed by atoms with Crippen molar-refractivity contribution in [3.8, 4) is 5.69 Å². The maximum atomic E-state index is 13.4. The van der Waals surface area contributed by atoms with E-state index in [1.165, 1.54) is 31.0 Å². The number of aromatic amines is 1. The molecule has 0 aliphatic heterocycles. The fourth-order valence-electron chi connectivity index (χ4n) is 3.57. The number of methoxy groups -OCH3 is 2. The van der Waals surface area contributed by atoms with Crippen molar-refractivity contribution in [2.24, 2.45) is 0 Å². The van der Waals surface area contributed by atoms with Crippen molar-refractivity contribution in [2.75, 3.05) is 14.2 Å². The van der Waals surface area contributed by atoms with Crippen LogP contribution in [0.1, 0.15) is 21.0 Å². The summed E-state index contributed by atoms with van der Waals surface area (Å²) in [4.78, 5) is 31.2. The maximum Gasteiger partial charge on any atom is 0.359 e. The topological polar surface area (TPSA) is 125 Å². The van der Waals surface area contributed by atoms with Crippen LogP contribution in [0.4, 0.5) is 8.78 Å². The van der Waals surface area contributed by atoms with E-state index in [0.717, 1.165) is 3.57 Å². The molecule has 10 nitrogen and oxygen atoms in total. The third-order valence-corrected chi connectivity index (χ3v) is 7.46. The molecule has 43 heavy (non-hydrogen) atoms. The first-order chi connectivity index (χ1) is 20.6. The van der Waals surface area contributed by atoms with Gasteiger partial charge in [0.2, 0.25) is 0 Å². The number of H-pyrrole nitrogens is 1. The minimum atomic E-state index is -0.548. The van der Waals surface area contributed by atoms with Crippen LogP contribution >= 0.6 is 54.5 Å². The van der Waals surface area contributed by atoms with Crippen LogP contribution in [0.15, 0.2) is 82.0 Å². The van der Waals surface area contributed by atoms with Gasteiger partial charge in [0.15, 0.2) is 22.7 Å². The van der Waals surface area contributed by atoms with E-state index in [1.807, 2.05) is 0 Å². The molecule has 6 aromatic rings. The summed E-state index contributed by atoms with van der Waals surface area (Å²) in [6, 6.07) is 16.3. The van der Waals surface area contributed by atoms with E-state index in [1.54, 1.807) is 60.9 Å². The highest BCUT2D eigenvalue weighted by Crippen LogP contribution is 2.24. The Morgan fingerprint density at radius 1 is 0.860 bits per heavy atom. The second-order valence-electron chi connectivity index (χ2n) is 8.25. The summed E-state index contributed by atoms with van der Waals surface area (Å²) in [5.74, 6) is -1.57. The molecule has 0 fully saturated rings. The van der Waals surface area contributed by atoms with Gasteiger partial charge in [-0.3, -0.25) is 5.10 Å². The number of aromatic nitrogens is 6. The van der Waals surface area contributed by atoms with E-state index in [0.29, 0.717) is 42.4 Å². The average molecular weight is 828 g/mol. The number of hydrogen-bond acceptors (Lipinski definition) is 8. The van der Waals surface area contributed by atoms with Crippen molar-refractivity contribution in [1.82, 2.24) is 29.9 Å². The van der Waals surface area contributed by atoms with Gasteiger partial charge in [0, 0.05) is 16.0 Å². The Kier molecular flexibility index (Phi) is 10.9. The van der Waals surface area contributed by atoms with Gasteiger partial charge in [-0.25, -0.2) is 33.0 Å². The third-order valence-electron chi connectivity index (χ3n) is 5.57. The normalized spacial score (nSPS) is 10.4. The monoisotopic (exact) mass is 826 g/mol. The molecule has 0 radical (unpaired) electrons. The van der Waals surface area contributed by atoms with E-state index in [-0.39, 0.29) is 17.3 Å². The molecule has 6 rings (SSSR count). The predicted molar refractivity (Wildman–Crippen MR) is 170 cm³/mol. The molecule has 4 heterocycles. The largest absolute Gasteiger partial charge is 0.464 e. The quantitative estimate of drug-likeness (QED) is 0.115. The molecule has 0 bridgehead atoms.